The van der Waals surface area contributed by atoms with Crippen molar-refractivity contribution in [3.8, 4) is 11.1 Å². The van der Waals surface area contributed by atoms with Crippen LogP contribution in [-0.4, -0.2) is 12.1 Å². The maximum absolute atomic E-state index is 14.1. The summed E-state index contributed by atoms with van der Waals surface area (Å²) in [5.74, 6) is -8.70. The van der Waals surface area contributed by atoms with Crippen molar-refractivity contribution in [2.45, 2.75) is 20.0 Å². The first-order valence-electron chi connectivity index (χ1n) is 6.47. The third-order valence-electron chi connectivity index (χ3n) is 2.88. The van der Waals surface area contributed by atoms with Gasteiger partial charge in [0, 0.05) is 5.56 Å². The molecule has 0 saturated carbocycles. The first-order valence-corrected chi connectivity index (χ1v) is 6.47. The average Bonchev–Trinajstić information content (AvgIpc) is 2.48. The Labute approximate surface area is 124 Å². The Bertz CT molecular complexity index is 712. The van der Waals surface area contributed by atoms with Crippen LogP contribution in [0.25, 0.3) is 11.1 Å². The van der Waals surface area contributed by atoms with E-state index in [9.17, 15) is 22.4 Å². The van der Waals surface area contributed by atoms with Crippen LogP contribution < -0.4 is 0 Å². The highest BCUT2D eigenvalue weighted by Gasteiger charge is 2.31. The van der Waals surface area contributed by atoms with Gasteiger partial charge in [-0.05, 0) is 19.4 Å². The van der Waals surface area contributed by atoms with E-state index in [-0.39, 0.29) is 5.56 Å². The molecule has 0 aliphatic heterocycles. The molecule has 2 nitrogen and oxygen atoms in total. The predicted octanol–water partition coefficient (Wildman–Crippen LogP) is 4.48. The third-order valence-corrected chi connectivity index (χ3v) is 2.88. The van der Waals surface area contributed by atoms with Gasteiger partial charge in [-0.1, -0.05) is 30.3 Å². The quantitative estimate of drug-likeness (QED) is 0.362. The highest BCUT2D eigenvalue weighted by molar-refractivity contribution is 5.98. The van der Waals surface area contributed by atoms with Crippen molar-refractivity contribution >= 4 is 5.97 Å². The number of carbonyl (C=O) groups is 1. The zero-order valence-electron chi connectivity index (χ0n) is 11.8. The van der Waals surface area contributed by atoms with Crippen LogP contribution in [0.1, 0.15) is 24.2 Å². The fourth-order valence-electron chi connectivity index (χ4n) is 1.97. The molecule has 22 heavy (non-hydrogen) atoms. The van der Waals surface area contributed by atoms with E-state index < -0.39 is 46.5 Å². The summed E-state index contributed by atoms with van der Waals surface area (Å²) in [6, 6.07) is 7.28. The Kier molecular flexibility index (Phi) is 4.49. The summed E-state index contributed by atoms with van der Waals surface area (Å²) in [6.45, 7) is 2.99. The van der Waals surface area contributed by atoms with Gasteiger partial charge in [0.05, 0.1) is 6.10 Å². The smallest absolute Gasteiger partial charge is 0.342 e. The molecule has 2 aromatic carbocycles. The van der Waals surface area contributed by atoms with Crippen LogP contribution in [0.15, 0.2) is 30.3 Å². The molecule has 2 aromatic rings. The molecule has 0 atom stereocenters. The highest BCUT2D eigenvalue weighted by atomic mass is 19.2. The van der Waals surface area contributed by atoms with Crippen molar-refractivity contribution in [1.29, 1.82) is 0 Å². The molecule has 0 saturated heterocycles. The van der Waals surface area contributed by atoms with Crippen LogP contribution >= 0.6 is 0 Å². The van der Waals surface area contributed by atoms with E-state index in [1.807, 2.05) is 0 Å². The lowest BCUT2D eigenvalue weighted by atomic mass is 9.97. The van der Waals surface area contributed by atoms with E-state index >= 15 is 0 Å². The summed E-state index contributed by atoms with van der Waals surface area (Å²) >= 11 is 0. The molecule has 0 spiro atoms. The van der Waals surface area contributed by atoms with Gasteiger partial charge in [0.15, 0.2) is 23.3 Å². The monoisotopic (exact) mass is 312 g/mol. The molecular formula is C16H12F4O2. The summed E-state index contributed by atoms with van der Waals surface area (Å²) < 4.78 is 59.8. The number of rotatable bonds is 3. The normalized spacial score (nSPS) is 10.9. The van der Waals surface area contributed by atoms with Gasteiger partial charge in [0.25, 0.3) is 0 Å². The molecular weight excluding hydrogens is 300 g/mol. The molecule has 2 rings (SSSR count). The number of ether oxygens (including phenoxy) is 1. The summed E-state index contributed by atoms with van der Waals surface area (Å²) in [7, 11) is 0. The molecule has 116 valence electrons. The second-order valence-corrected chi connectivity index (χ2v) is 4.83. The fraction of sp³-hybridized carbons (Fsp3) is 0.188. The summed E-state index contributed by atoms with van der Waals surface area (Å²) in [5, 5.41) is 0. The largest absolute Gasteiger partial charge is 0.459 e. The van der Waals surface area contributed by atoms with Gasteiger partial charge in [-0.3, -0.25) is 0 Å². The standard InChI is InChI=1S/C16H12F4O2/c1-8(2)22-16(21)11-10(9-6-4-3-5-7-9)12(17)14(19)15(20)13(11)18/h3-8H,1-2H3. The Morgan fingerprint density at radius 1 is 0.909 bits per heavy atom. The van der Waals surface area contributed by atoms with Crippen molar-refractivity contribution in [3.63, 3.8) is 0 Å². The Morgan fingerprint density at radius 3 is 2.00 bits per heavy atom. The van der Waals surface area contributed by atoms with Gasteiger partial charge >= 0.3 is 5.97 Å². The zero-order chi connectivity index (χ0) is 16.4. The highest BCUT2D eigenvalue weighted by Crippen LogP contribution is 2.33. The van der Waals surface area contributed by atoms with E-state index in [1.54, 1.807) is 6.07 Å². The van der Waals surface area contributed by atoms with Crippen LogP contribution in [-0.2, 0) is 4.74 Å². The molecule has 0 unspecified atom stereocenters. The van der Waals surface area contributed by atoms with Gasteiger partial charge in [-0.15, -0.1) is 0 Å². The minimum absolute atomic E-state index is 0.0357. The minimum atomic E-state index is -2.05. The van der Waals surface area contributed by atoms with Gasteiger partial charge in [-0.25, -0.2) is 22.4 Å². The zero-order valence-corrected chi connectivity index (χ0v) is 11.8. The van der Waals surface area contributed by atoms with Gasteiger partial charge in [0.2, 0.25) is 0 Å². The van der Waals surface area contributed by atoms with Gasteiger partial charge < -0.3 is 4.74 Å². The van der Waals surface area contributed by atoms with Crippen LogP contribution in [0.4, 0.5) is 17.6 Å². The lowest BCUT2D eigenvalue weighted by Gasteiger charge is -2.14. The minimum Gasteiger partial charge on any atom is -0.459 e. The van der Waals surface area contributed by atoms with E-state index in [2.05, 4.69) is 0 Å². The van der Waals surface area contributed by atoms with Crippen LogP contribution in [0.2, 0.25) is 0 Å². The molecule has 0 aromatic heterocycles. The number of esters is 1. The van der Waals surface area contributed by atoms with E-state index in [0.29, 0.717) is 0 Å². The molecule has 0 N–H and O–H groups in total. The first kappa shape index (κ1) is 16.0. The molecule has 0 aliphatic rings. The Morgan fingerprint density at radius 2 is 1.45 bits per heavy atom. The molecule has 0 heterocycles. The van der Waals surface area contributed by atoms with Crippen molar-refractivity contribution in [1.82, 2.24) is 0 Å². The van der Waals surface area contributed by atoms with E-state index in [1.165, 1.54) is 38.1 Å². The number of hydrogen-bond acceptors (Lipinski definition) is 2. The lowest BCUT2D eigenvalue weighted by molar-refractivity contribution is 0.0371. The first-order chi connectivity index (χ1) is 10.3. The maximum atomic E-state index is 14.1. The SMILES string of the molecule is CC(C)OC(=O)c1c(F)c(F)c(F)c(F)c1-c1ccccc1. The Balaban J connectivity index is 2.78. The fourth-order valence-corrected chi connectivity index (χ4v) is 1.97. The van der Waals surface area contributed by atoms with Gasteiger partial charge in [0.1, 0.15) is 5.56 Å². The molecule has 0 amide bonds. The van der Waals surface area contributed by atoms with Crippen molar-refractivity contribution in [3.05, 3.63) is 59.2 Å². The summed E-state index contributed by atoms with van der Waals surface area (Å²) in [6.07, 6.45) is -0.633. The van der Waals surface area contributed by atoms with Crippen molar-refractivity contribution in [2.75, 3.05) is 0 Å². The second kappa shape index (κ2) is 6.17. The summed E-state index contributed by atoms with van der Waals surface area (Å²) in [4.78, 5) is 12.0. The number of carbonyl (C=O) groups excluding carboxylic acids is 1. The molecule has 6 heteroatoms. The predicted molar refractivity (Wildman–Crippen MR) is 72.3 cm³/mol. The lowest BCUT2D eigenvalue weighted by Crippen LogP contribution is -2.17. The molecule has 0 bridgehead atoms. The van der Waals surface area contributed by atoms with Crippen molar-refractivity contribution < 1.29 is 27.1 Å². The van der Waals surface area contributed by atoms with Gasteiger partial charge in [-0.2, -0.15) is 0 Å². The number of hydrogen-bond donors (Lipinski definition) is 0. The number of benzene rings is 2. The van der Waals surface area contributed by atoms with E-state index in [0.717, 1.165) is 0 Å². The third kappa shape index (κ3) is 2.81. The number of halogens is 4. The average molecular weight is 312 g/mol. The topological polar surface area (TPSA) is 26.3 Å². The van der Waals surface area contributed by atoms with Crippen LogP contribution in [0, 0.1) is 23.3 Å². The maximum Gasteiger partial charge on any atom is 0.342 e. The summed E-state index contributed by atoms with van der Waals surface area (Å²) in [5.41, 5.74) is -1.59. The second-order valence-electron chi connectivity index (χ2n) is 4.83. The molecule has 0 aliphatic carbocycles. The van der Waals surface area contributed by atoms with Crippen LogP contribution in [0.3, 0.4) is 0 Å². The molecule has 0 fully saturated rings. The molecule has 0 radical (unpaired) electrons. The Hall–Kier alpha value is -2.37. The van der Waals surface area contributed by atoms with E-state index in [4.69, 9.17) is 4.74 Å². The van der Waals surface area contributed by atoms with Crippen molar-refractivity contribution in [2.24, 2.45) is 0 Å². The van der Waals surface area contributed by atoms with Crippen LogP contribution in [0.5, 0.6) is 0 Å².